The highest BCUT2D eigenvalue weighted by atomic mass is 16.2. The van der Waals surface area contributed by atoms with Gasteiger partial charge >= 0.3 is 0 Å². The molecule has 1 aromatic rings. The van der Waals surface area contributed by atoms with Crippen LogP contribution < -0.4 is 11.1 Å². The van der Waals surface area contributed by atoms with Gasteiger partial charge in [0.25, 0.3) is 5.91 Å². The first-order valence-corrected chi connectivity index (χ1v) is 6.16. The average molecular weight is 238 g/mol. The monoisotopic (exact) mass is 238 g/mol. The van der Waals surface area contributed by atoms with Gasteiger partial charge in [0, 0.05) is 13.1 Å². The van der Waals surface area contributed by atoms with E-state index in [1.54, 1.807) is 11.7 Å². The maximum atomic E-state index is 12.0. The van der Waals surface area contributed by atoms with Crippen LogP contribution in [0.3, 0.4) is 0 Å². The maximum Gasteiger partial charge on any atom is 0.269 e. The fourth-order valence-electron chi connectivity index (χ4n) is 1.75. The molecule has 0 spiro atoms. The Morgan fingerprint density at radius 2 is 2.29 bits per heavy atom. The van der Waals surface area contributed by atoms with Crippen molar-refractivity contribution in [1.82, 2.24) is 15.1 Å². The predicted molar refractivity (Wildman–Crippen MR) is 67.8 cm³/mol. The number of carbonyl (C=O) groups excluding carboxylic acids is 1. The van der Waals surface area contributed by atoms with Crippen molar-refractivity contribution in [2.75, 3.05) is 6.54 Å². The molecule has 0 saturated heterocycles. The van der Waals surface area contributed by atoms with E-state index in [0.717, 1.165) is 25.0 Å². The van der Waals surface area contributed by atoms with Crippen molar-refractivity contribution in [3.05, 3.63) is 17.5 Å². The summed E-state index contributed by atoms with van der Waals surface area (Å²) in [6.45, 7) is 4.65. The van der Waals surface area contributed by atoms with E-state index in [4.69, 9.17) is 5.73 Å². The fourth-order valence-corrected chi connectivity index (χ4v) is 1.75. The fraction of sp³-hybridized carbons (Fsp3) is 0.667. The van der Waals surface area contributed by atoms with E-state index in [1.165, 1.54) is 0 Å². The van der Waals surface area contributed by atoms with Crippen molar-refractivity contribution in [3.8, 4) is 0 Å². The Labute approximate surface area is 102 Å². The van der Waals surface area contributed by atoms with Crippen LogP contribution in [-0.2, 0) is 13.5 Å². The minimum absolute atomic E-state index is 0.0694. The van der Waals surface area contributed by atoms with E-state index in [2.05, 4.69) is 10.4 Å². The molecule has 0 aromatic carbocycles. The minimum atomic E-state index is -0.0694. The van der Waals surface area contributed by atoms with Crippen LogP contribution >= 0.6 is 0 Å². The number of hydrogen-bond acceptors (Lipinski definition) is 3. The van der Waals surface area contributed by atoms with Crippen LogP contribution in [0.25, 0.3) is 0 Å². The third-order valence-corrected chi connectivity index (χ3v) is 2.87. The number of nitrogens with zero attached hydrogens (tertiary/aromatic N) is 2. The molecular weight excluding hydrogens is 216 g/mol. The Hall–Kier alpha value is -1.36. The second-order valence-electron chi connectivity index (χ2n) is 4.15. The standard InChI is InChI=1S/C12H22N4O/c1-4-9(6-7-13)14-12(17)11-8-10(5-2)15-16(11)3/h8-9H,4-7,13H2,1-3H3,(H,14,17). The summed E-state index contributed by atoms with van der Waals surface area (Å²) < 4.78 is 1.63. The van der Waals surface area contributed by atoms with Gasteiger partial charge in [-0.15, -0.1) is 0 Å². The van der Waals surface area contributed by atoms with Crippen molar-refractivity contribution in [1.29, 1.82) is 0 Å². The highest BCUT2D eigenvalue weighted by Crippen LogP contribution is 2.05. The van der Waals surface area contributed by atoms with Gasteiger partial charge in [0.2, 0.25) is 0 Å². The molecule has 1 unspecified atom stereocenters. The summed E-state index contributed by atoms with van der Waals surface area (Å²) in [6, 6.07) is 1.98. The quantitative estimate of drug-likeness (QED) is 0.771. The number of carbonyl (C=O) groups is 1. The molecule has 1 aromatic heterocycles. The second kappa shape index (κ2) is 6.39. The summed E-state index contributed by atoms with van der Waals surface area (Å²) in [5.74, 6) is -0.0694. The van der Waals surface area contributed by atoms with E-state index < -0.39 is 0 Å². The van der Waals surface area contributed by atoms with Gasteiger partial charge in [-0.25, -0.2) is 0 Å². The molecule has 0 aliphatic heterocycles. The van der Waals surface area contributed by atoms with Gasteiger partial charge in [-0.2, -0.15) is 5.10 Å². The lowest BCUT2D eigenvalue weighted by molar-refractivity contribution is 0.0925. The first-order valence-electron chi connectivity index (χ1n) is 6.16. The molecule has 0 bridgehead atoms. The Kier molecular flexibility index (Phi) is 5.15. The van der Waals surface area contributed by atoms with E-state index in [-0.39, 0.29) is 11.9 Å². The zero-order valence-electron chi connectivity index (χ0n) is 10.9. The molecule has 0 saturated carbocycles. The molecule has 96 valence electrons. The van der Waals surface area contributed by atoms with Gasteiger partial charge in [-0.05, 0) is 31.9 Å². The van der Waals surface area contributed by atoms with Crippen LogP contribution in [0.15, 0.2) is 6.07 Å². The molecule has 1 atom stereocenters. The van der Waals surface area contributed by atoms with Crippen molar-refractivity contribution in [3.63, 3.8) is 0 Å². The molecule has 0 radical (unpaired) electrons. The number of nitrogens with one attached hydrogen (secondary N) is 1. The van der Waals surface area contributed by atoms with E-state index >= 15 is 0 Å². The zero-order chi connectivity index (χ0) is 12.8. The number of rotatable bonds is 6. The summed E-state index contributed by atoms with van der Waals surface area (Å²) in [6.07, 6.45) is 2.53. The molecule has 0 aliphatic carbocycles. The summed E-state index contributed by atoms with van der Waals surface area (Å²) in [4.78, 5) is 12.0. The average Bonchev–Trinajstić information content (AvgIpc) is 2.70. The highest BCUT2D eigenvalue weighted by Gasteiger charge is 2.15. The minimum Gasteiger partial charge on any atom is -0.348 e. The van der Waals surface area contributed by atoms with Crippen LogP contribution in [-0.4, -0.2) is 28.3 Å². The summed E-state index contributed by atoms with van der Waals surface area (Å²) in [7, 11) is 1.79. The summed E-state index contributed by atoms with van der Waals surface area (Å²) >= 11 is 0. The van der Waals surface area contributed by atoms with Gasteiger partial charge in [0.05, 0.1) is 5.69 Å². The molecule has 3 N–H and O–H groups in total. The molecular formula is C12H22N4O. The van der Waals surface area contributed by atoms with Gasteiger partial charge in [-0.3, -0.25) is 9.48 Å². The molecule has 0 fully saturated rings. The van der Waals surface area contributed by atoms with Crippen molar-refractivity contribution in [2.45, 2.75) is 39.2 Å². The number of aryl methyl sites for hydroxylation is 2. The SMILES string of the molecule is CCc1cc(C(=O)NC(CC)CCN)n(C)n1. The van der Waals surface area contributed by atoms with Gasteiger partial charge in [0.1, 0.15) is 5.69 Å². The number of nitrogens with two attached hydrogens (primary N) is 1. The van der Waals surface area contributed by atoms with Crippen molar-refractivity contribution < 1.29 is 4.79 Å². The van der Waals surface area contributed by atoms with E-state index in [1.807, 2.05) is 19.9 Å². The molecule has 5 heteroatoms. The molecule has 1 heterocycles. The lowest BCUT2D eigenvalue weighted by atomic mass is 10.1. The molecule has 1 amide bonds. The first kappa shape index (κ1) is 13.7. The topological polar surface area (TPSA) is 72.9 Å². The van der Waals surface area contributed by atoms with Crippen LogP contribution in [0, 0.1) is 0 Å². The lowest BCUT2D eigenvalue weighted by Gasteiger charge is -2.15. The Morgan fingerprint density at radius 1 is 1.59 bits per heavy atom. The van der Waals surface area contributed by atoms with Gasteiger partial charge in [0.15, 0.2) is 0 Å². The smallest absolute Gasteiger partial charge is 0.269 e. The van der Waals surface area contributed by atoms with Gasteiger partial charge in [-0.1, -0.05) is 13.8 Å². The van der Waals surface area contributed by atoms with Crippen LogP contribution in [0.5, 0.6) is 0 Å². The molecule has 5 nitrogen and oxygen atoms in total. The molecule has 17 heavy (non-hydrogen) atoms. The summed E-state index contributed by atoms with van der Waals surface area (Å²) in [5.41, 5.74) is 7.05. The van der Waals surface area contributed by atoms with Crippen molar-refractivity contribution >= 4 is 5.91 Å². The Balaban J connectivity index is 2.71. The summed E-state index contributed by atoms with van der Waals surface area (Å²) in [5, 5.41) is 7.24. The number of aromatic nitrogens is 2. The number of hydrogen-bond donors (Lipinski definition) is 2. The molecule has 0 aliphatic rings. The van der Waals surface area contributed by atoms with Crippen LogP contribution in [0.4, 0.5) is 0 Å². The second-order valence-corrected chi connectivity index (χ2v) is 4.15. The number of amides is 1. The van der Waals surface area contributed by atoms with E-state index in [0.29, 0.717) is 12.2 Å². The Bertz CT molecular complexity index is 373. The zero-order valence-corrected chi connectivity index (χ0v) is 10.9. The first-order chi connectivity index (χ1) is 8.12. The lowest BCUT2D eigenvalue weighted by Crippen LogP contribution is -2.36. The highest BCUT2D eigenvalue weighted by molar-refractivity contribution is 5.92. The van der Waals surface area contributed by atoms with E-state index in [9.17, 15) is 4.79 Å². The predicted octanol–water partition coefficient (Wildman–Crippen LogP) is 0.840. The largest absolute Gasteiger partial charge is 0.348 e. The molecule has 1 rings (SSSR count). The van der Waals surface area contributed by atoms with Crippen LogP contribution in [0.1, 0.15) is 42.9 Å². The normalized spacial score (nSPS) is 12.5. The Morgan fingerprint density at radius 3 is 2.76 bits per heavy atom. The third kappa shape index (κ3) is 3.56. The third-order valence-electron chi connectivity index (χ3n) is 2.87. The van der Waals surface area contributed by atoms with Gasteiger partial charge < -0.3 is 11.1 Å². The van der Waals surface area contributed by atoms with Crippen molar-refractivity contribution in [2.24, 2.45) is 12.8 Å². The van der Waals surface area contributed by atoms with Crippen LogP contribution in [0.2, 0.25) is 0 Å². The maximum absolute atomic E-state index is 12.0.